The molecule has 0 aliphatic heterocycles. The normalized spacial score (nSPS) is 12.6. The van der Waals surface area contributed by atoms with E-state index in [-0.39, 0.29) is 29.1 Å². The predicted molar refractivity (Wildman–Crippen MR) is 93.7 cm³/mol. The molecular weight excluding hydrogens is 343 g/mol. The third-order valence-electron chi connectivity index (χ3n) is 4.23. The first-order valence-corrected chi connectivity index (χ1v) is 9.36. The molecule has 0 aliphatic carbocycles. The lowest BCUT2D eigenvalue weighted by molar-refractivity contribution is -0.131. The Kier molecular flexibility index (Phi) is 5.92. The van der Waals surface area contributed by atoms with Gasteiger partial charge < -0.3 is 4.90 Å². The molecule has 134 valence electrons. The van der Waals surface area contributed by atoms with E-state index >= 15 is 0 Å². The number of carbonyl (C=O) groups excluding carboxylic acids is 1. The summed E-state index contributed by atoms with van der Waals surface area (Å²) in [7, 11) is -2.07. The van der Waals surface area contributed by atoms with Gasteiger partial charge in [-0.05, 0) is 42.7 Å². The van der Waals surface area contributed by atoms with Crippen molar-refractivity contribution >= 4 is 15.9 Å². The average molecular weight is 364 g/mol. The van der Waals surface area contributed by atoms with E-state index in [0.29, 0.717) is 12.0 Å². The summed E-state index contributed by atoms with van der Waals surface area (Å²) in [4.78, 5) is 13.9. The van der Waals surface area contributed by atoms with E-state index in [2.05, 4.69) is 0 Å². The monoisotopic (exact) mass is 364 g/mol. The van der Waals surface area contributed by atoms with Gasteiger partial charge in [-0.3, -0.25) is 4.79 Å². The Balaban J connectivity index is 2.02. The van der Waals surface area contributed by atoms with Gasteiger partial charge in [-0.25, -0.2) is 17.9 Å². The van der Waals surface area contributed by atoms with Crippen LogP contribution in [-0.2, 0) is 21.2 Å². The summed E-state index contributed by atoms with van der Waals surface area (Å²) >= 11 is 0. The van der Waals surface area contributed by atoms with Gasteiger partial charge in [0.15, 0.2) is 0 Å². The molecule has 1 atom stereocenters. The molecule has 0 spiro atoms. The maximum Gasteiger partial charge on any atom is 0.238 e. The van der Waals surface area contributed by atoms with Gasteiger partial charge >= 0.3 is 0 Å². The summed E-state index contributed by atoms with van der Waals surface area (Å²) < 4.78 is 36.2. The lowest BCUT2D eigenvalue weighted by Crippen LogP contribution is -2.30. The lowest BCUT2D eigenvalue weighted by atomic mass is 10.1. The average Bonchev–Trinajstić information content (AvgIpc) is 2.59. The standard InChI is InChI=1S/C18H21FN2O3S/c1-13(14-7-10-16(11-8-14)25(20,23)24)21(2)18(22)12-9-15-5-3-4-6-17(15)19/h3-8,10-11,13H,9,12H2,1-2H3,(H2,20,23,24). The van der Waals surface area contributed by atoms with Crippen LogP contribution in [0.1, 0.15) is 30.5 Å². The minimum absolute atomic E-state index is 0.0250. The number of sulfonamides is 1. The number of nitrogens with two attached hydrogens (primary N) is 1. The molecule has 2 N–H and O–H groups in total. The number of carbonyl (C=O) groups is 1. The Hall–Kier alpha value is -2.25. The molecule has 0 bridgehead atoms. The van der Waals surface area contributed by atoms with Crippen LogP contribution in [0.4, 0.5) is 4.39 Å². The zero-order valence-corrected chi connectivity index (χ0v) is 15.0. The van der Waals surface area contributed by atoms with Gasteiger partial charge in [0.2, 0.25) is 15.9 Å². The summed E-state index contributed by atoms with van der Waals surface area (Å²) in [6, 6.07) is 12.2. The van der Waals surface area contributed by atoms with Crippen molar-refractivity contribution in [1.29, 1.82) is 0 Å². The predicted octanol–water partition coefficient (Wildman–Crippen LogP) is 2.63. The van der Waals surface area contributed by atoms with Crippen LogP contribution in [0, 0.1) is 5.82 Å². The zero-order valence-electron chi connectivity index (χ0n) is 14.1. The molecule has 2 aromatic carbocycles. The number of primary sulfonamides is 1. The molecule has 0 aromatic heterocycles. The Morgan fingerprint density at radius 2 is 1.76 bits per heavy atom. The summed E-state index contributed by atoms with van der Waals surface area (Å²) in [5.74, 6) is -0.434. The van der Waals surface area contributed by atoms with E-state index < -0.39 is 10.0 Å². The topological polar surface area (TPSA) is 80.5 Å². The van der Waals surface area contributed by atoms with Gasteiger partial charge in [0.1, 0.15) is 5.82 Å². The minimum atomic E-state index is -3.74. The summed E-state index contributed by atoms with van der Waals surface area (Å²) in [5, 5.41) is 5.08. The van der Waals surface area contributed by atoms with Crippen LogP contribution in [-0.4, -0.2) is 26.3 Å². The van der Waals surface area contributed by atoms with Gasteiger partial charge in [0.05, 0.1) is 10.9 Å². The number of nitrogens with zero attached hydrogens (tertiary/aromatic N) is 1. The second kappa shape index (κ2) is 7.76. The third kappa shape index (κ3) is 4.87. The first kappa shape index (κ1) is 19.1. The van der Waals surface area contributed by atoms with Crippen LogP contribution in [0.2, 0.25) is 0 Å². The second-order valence-electron chi connectivity index (χ2n) is 5.89. The molecule has 0 fully saturated rings. The van der Waals surface area contributed by atoms with Crippen LogP contribution < -0.4 is 5.14 Å². The molecule has 5 nitrogen and oxygen atoms in total. The number of benzene rings is 2. The molecule has 0 heterocycles. The van der Waals surface area contributed by atoms with Gasteiger partial charge in [-0.1, -0.05) is 30.3 Å². The highest BCUT2D eigenvalue weighted by atomic mass is 32.2. The number of aryl methyl sites for hydroxylation is 1. The SMILES string of the molecule is CC(c1ccc(S(N)(=O)=O)cc1)N(C)C(=O)CCc1ccccc1F. The van der Waals surface area contributed by atoms with Crippen molar-refractivity contribution in [3.63, 3.8) is 0 Å². The van der Waals surface area contributed by atoms with Gasteiger partial charge in [-0.15, -0.1) is 0 Å². The number of amides is 1. The highest BCUT2D eigenvalue weighted by Crippen LogP contribution is 2.21. The van der Waals surface area contributed by atoms with E-state index in [0.717, 1.165) is 5.56 Å². The fraction of sp³-hybridized carbons (Fsp3) is 0.278. The Morgan fingerprint density at radius 1 is 1.16 bits per heavy atom. The molecule has 0 saturated carbocycles. The van der Waals surface area contributed by atoms with Crippen LogP contribution in [0.3, 0.4) is 0 Å². The van der Waals surface area contributed by atoms with E-state index in [1.807, 2.05) is 6.92 Å². The summed E-state index contributed by atoms with van der Waals surface area (Å²) in [6.45, 7) is 1.84. The number of hydrogen-bond acceptors (Lipinski definition) is 3. The van der Waals surface area contributed by atoms with E-state index in [9.17, 15) is 17.6 Å². The quantitative estimate of drug-likeness (QED) is 0.856. The van der Waals surface area contributed by atoms with E-state index in [1.54, 1.807) is 42.3 Å². The molecule has 0 aliphatic rings. The van der Waals surface area contributed by atoms with Crippen LogP contribution in [0.15, 0.2) is 53.4 Å². The smallest absolute Gasteiger partial charge is 0.238 e. The Morgan fingerprint density at radius 3 is 2.32 bits per heavy atom. The van der Waals surface area contributed by atoms with E-state index in [4.69, 9.17) is 5.14 Å². The van der Waals surface area contributed by atoms with Crippen molar-refractivity contribution in [2.45, 2.75) is 30.7 Å². The second-order valence-corrected chi connectivity index (χ2v) is 7.45. The van der Waals surface area contributed by atoms with Crippen molar-refractivity contribution in [3.05, 3.63) is 65.5 Å². The molecule has 0 saturated heterocycles. The molecule has 0 radical (unpaired) electrons. The molecule has 1 unspecified atom stereocenters. The highest BCUT2D eigenvalue weighted by molar-refractivity contribution is 7.89. The molecule has 25 heavy (non-hydrogen) atoms. The van der Waals surface area contributed by atoms with Crippen molar-refractivity contribution in [3.8, 4) is 0 Å². The van der Waals surface area contributed by atoms with Gasteiger partial charge in [0, 0.05) is 13.5 Å². The fourth-order valence-corrected chi connectivity index (χ4v) is 3.01. The maximum absolute atomic E-state index is 13.6. The number of halogens is 1. The fourth-order valence-electron chi connectivity index (χ4n) is 2.49. The molecule has 1 amide bonds. The Bertz CT molecular complexity index is 851. The van der Waals surface area contributed by atoms with Gasteiger partial charge in [0.25, 0.3) is 0 Å². The molecular formula is C18H21FN2O3S. The lowest BCUT2D eigenvalue weighted by Gasteiger charge is -2.25. The first-order chi connectivity index (χ1) is 11.7. The van der Waals surface area contributed by atoms with Crippen molar-refractivity contribution in [2.75, 3.05) is 7.05 Å². The van der Waals surface area contributed by atoms with Crippen LogP contribution in [0.25, 0.3) is 0 Å². The maximum atomic E-state index is 13.6. The van der Waals surface area contributed by atoms with Crippen molar-refractivity contribution in [2.24, 2.45) is 5.14 Å². The van der Waals surface area contributed by atoms with Gasteiger partial charge in [-0.2, -0.15) is 0 Å². The summed E-state index contributed by atoms with van der Waals surface area (Å²) in [6.07, 6.45) is 0.518. The Labute approximate surface area is 147 Å². The van der Waals surface area contributed by atoms with Crippen LogP contribution in [0.5, 0.6) is 0 Å². The number of rotatable bonds is 6. The molecule has 7 heteroatoms. The number of hydrogen-bond donors (Lipinski definition) is 1. The summed E-state index contributed by atoms with van der Waals surface area (Å²) in [5.41, 5.74) is 1.29. The zero-order chi connectivity index (χ0) is 18.6. The largest absolute Gasteiger partial charge is 0.339 e. The van der Waals surface area contributed by atoms with Crippen LogP contribution >= 0.6 is 0 Å². The van der Waals surface area contributed by atoms with E-state index in [1.165, 1.54) is 18.2 Å². The third-order valence-corrected chi connectivity index (χ3v) is 5.16. The molecule has 2 aromatic rings. The van der Waals surface area contributed by atoms with Crippen molar-refractivity contribution in [1.82, 2.24) is 4.90 Å². The molecule has 2 rings (SSSR count). The highest BCUT2D eigenvalue weighted by Gasteiger charge is 2.18. The van der Waals surface area contributed by atoms with Crippen molar-refractivity contribution < 1.29 is 17.6 Å². The first-order valence-electron chi connectivity index (χ1n) is 7.82. The minimum Gasteiger partial charge on any atom is -0.339 e.